The van der Waals surface area contributed by atoms with Gasteiger partial charge < -0.3 is 4.57 Å². The Balaban J connectivity index is 1.61. The van der Waals surface area contributed by atoms with E-state index in [1.807, 2.05) is 26.0 Å². The highest BCUT2D eigenvalue weighted by atomic mass is 32.2. The third-order valence-corrected chi connectivity index (χ3v) is 7.47. The third-order valence-electron chi connectivity index (χ3n) is 5.98. The number of hydrogen-bond acceptors (Lipinski definition) is 5. The molecule has 35 heavy (non-hydrogen) atoms. The van der Waals surface area contributed by atoms with Crippen LogP contribution in [0, 0.1) is 6.92 Å². The van der Waals surface area contributed by atoms with Crippen molar-refractivity contribution in [2.24, 2.45) is 0 Å². The second-order valence-corrected chi connectivity index (χ2v) is 10.0. The summed E-state index contributed by atoms with van der Waals surface area (Å²) >= 11 is 0. The molecule has 0 radical (unpaired) electrons. The van der Waals surface area contributed by atoms with Crippen LogP contribution >= 0.6 is 0 Å². The molecule has 180 valence electrons. The minimum atomic E-state index is -3.99. The van der Waals surface area contributed by atoms with E-state index in [4.69, 9.17) is 4.98 Å². The van der Waals surface area contributed by atoms with Crippen molar-refractivity contribution in [3.63, 3.8) is 0 Å². The van der Waals surface area contributed by atoms with E-state index in [2.05, 4.69) is 4.72 Å². The number of pyridine rings is 2. The summed E-state index contributed by atoms with van der Waals surface area (Å²) in [5.74, 6) is -0.714. The zero-order valence-electron chi connectivity index (χ0n) is 19.9. The molecule has 4 rings (SSSR count). The van der Waals surface area contributed by atoms with Crippen molar-refractivity contribution in [3.8, 4) is 0 Å². The molecule has 0 saturated heterocycles. The average Bonchev–Trinajstić information content (AvgIpc) is 2.85. The standard InChI is InChI=1S/C27H27N3O4S/c1-4-21-16-24-22(23(5-2)28-21)14-15-26(31)30(24)17-19-10-12-20(13-11-19)27(32)29-35(33,34)25-9-7-6-8-18(25)3/h6-16H,4-5,17H2,1-3H3,(H,29,32). The molecule has 0 aliphatic rings. The molecule has 0 saturated carbocycles. The average molecular weight is 490 g/mol. The Hall–Kier alpha value is -3.78. The van der Waals surface area contributed by atoms with Crippen molar-refractivity contribution < 1.29 is 13.2 Å². The van der Waals surface area contributed by atoms with Gasteiger partial charge in [-0.2, -0.15) is 0 Å². The van der Waals surface area contributed by atoms with E-state index in [-0.39, 0.29) is 16.0 Å². The van der Waals surface area contributed by atoms with Crippen LogP contribution in [0.3, 0.4) is 0 Å². The zero-order chi connectivity index (χ0) is 25.2. The predicted molar refractivity (Wildman–Crippen MR) is 136 cm³/mol. The predicted octanol–water partition coefficient (Wildman–Crippen LogP) is 4.00. The topological polar surface area (TPSA) is 98.1 Å². The van der Waals surface area contributed by atoms with E-state index in [9.17, 15) is 18.0 Å². The quantitative estimate of drug-likeness (QED) is 0.423. The van der Waals surface area contributed by atoms with Gasteiger partial charge in [-0.1, -0.05) is 44.2 Å². The van der Waals surface area contributed by atoms with Gasteiger partial charge in [-0.25, -0.2) is 13.1 Å². The fourth-order valence-corrected chi connectivity index (χ4v) is 5.29. The number of nitrogens with one attached hydrogen (secondary N) is 1. The van der Waals surface area contributed by atoms with Gasteiger partial charge in [0, 0.05) is 28.4 Å². The summed E-state index contributed by atoms with van der Waals surface area (Å²) in [6.45, 7) is 6.06. The van der Waals surface area contributed by atoms with Crippen LogP contribution in [0.4, 0.5) is 0 Å². The first kappa shape index (κ1) is 24.3. The summed E-state index contributed by atoms with van der Waals surface area (Å²) in [6.07, 6.45) is 1.53. The number of aromatic nitrogens is 2. The fraction of sp³-hybridized carbons (Fsp3) is 0.222. The van der Waals surface area contributed by atoms with E-state index in [1.54, 1.807) is 60.0 Å². The zero-order valence-corrected chi connectivity index (χ0v) is 20.7. The molecule has 0 bridgehead atoms. The molecular formula is C27H27N3O4S. The summed E-state index contributed by atoms with van der Waals surface area (Å²) in [5.41, 5.74) is 4.15. The van der Waals surface area contributed by atoms with Crippen LogP contribution < -0.4 is 10.3 Å². The van der Waals surface area contributed by atoms with Crippen LogP contribution in [0.15, 0.2) is 76.4 Å². The largest absolute Gasteiger partial charge is 0.304 e. The molecule has 0 aliphatic carbocycles. The number of sulfonamides is 1. The van der Waals surface area contributed by atoms with Gasteiger partial charge in [0.25, 0.3) is 21.5 Å². The maximum absolute atomic E-state index is 12.7. The Kier molecular flexibility index (Phi) is 6.84. The van der Waals surface area contributed by atoms with E-state index in [1.165, 1.54) is 6.07 Å². The second-order valence-electron chi connectivity index (χ2n) is 8.35. The lowest BCUT2D eigenvalue weighted by molar-refractivity contribution is 0.0981. The Morgan fingerprint density at radius 2 is 1.69 bits per heavy atom. The summed E-state index contributed by atoms with van der Waals surface area (Å²) in [4.78, 5) is 30.1. The highest BCUT2D eigenvalue weighted by molar-refractivity contribution is 7.90. The maximum Gasteiger partial charge on any atom is 0.264 e. The molecular weight excluding hydrogens is 462 g/mol. The number of rotatable bonds is 7. The Morgan fingerprint density at radius 3 is 2.34 bits per heavy atom. The molecule has 2 heterocycles. The van der Waals surface area contributed by atoms with Crippen LogP contribution in [0.2, 0.25) is 0 Å². The van der Waals surface area contributed by atoms with Gasteiger partial charge in [0.05, 0.1) is 17.0 Å². The molecule has 1 amide bonds. The third kappa shape index (κ3) is 5.02. The van der Waals surface area contributed by atoms with Crippen molar-refractivity contribution in [2.75, 3.05) is 0 Å². The van der Waals surface area contributed by atoms with Gasteiger partial charge in [0.1, 0.15) is 0 Å². The SMILES string of the molecule is CCc1cc2c(ccc(=O)n2Cc2ccc(C(=O)NS(=O)(=O)c3ccccc3C)cc2)c(CC)n1. The van der Waals surface area contributed by atoms with Crippen LogP contribution in [0.1, 0.15) is 46.7 Å². The minimum Gasteiger partial charge on any atom is -0.304 e. The van der Waals surface area contributed by atoms with Gasteiger partial charge in [-0.05, 0) is 61.2 Å². The number of hydrogen-bond donors (Lipinski definition) is 1. The van der Waals surface area contributed by atoms with E-state index in [0.717, 1.165) is 40.7 Å². The molecule has 8 heteroatoms. The highest BCUT2D eigenvalue weighted by Gasteiger charge is 2.20. The van der Waals surface area contributed by atoms with Crippen LogP contribution in [-0.4, -0.2) is 23.9 Å². The van der Waals surface area contributed by atoms with Crippen molar-refractivity contribution >= 4 is 26.8 Å². The Labute approximate surface area is 204 Å². The molecule has 2 aromatic heterocycles. The van der Waals surface area contributed by atoms with Crippen LogP contribution in [-0.2, 0) is 29.4 Å². The van der Waals surface area contributed by atoms with Crippen molar-refractivity contribution in [1.29, 1.82) is 0 Å². The second kappa shape index (κ2) is 9.84. The summed E-state index contributed by atoms with van der Waals surface area (Å²) in [7, 11) is -3.99. The van der Waals surface area contributed by atoms with Gasteiger partial charge >= 0.3 is 0 Å². The number of benzene rings is 2. The number of fused-ring (bicyclic) bond motifs is 1. The fourth-order valence-electron chi connectivity index (χ4n) is 4.07. The number of nitrogens with zero attached hydrogens (tertiary/aromatic N) is 2. The molecule has 0 aliphatic heterocycles. The number of carbonyl (C=O) groups excluding carboxylic acids is 1. The first-order valence-electron chi connectivity index (χ1n) is 11.5. The van der Waals surface area contributed by atoms with Gasteiger partial charge in [-0.3, -0.25) is 14.6 Å². The highest BCUT2D eigenvalue weighted by Crippen LogP contribution is 2.20. The smallest absolute Gasteiger partial charge is 0.264 e. The molecule has 1 N–H and O–H groups in total. The lowest BCUT2D eigenvalue weighted by atomic mass is 10.1. The van der Waals surface area contributed by atoms with Crippen molar-refractivity contribution in [2.45, 2.75) is 45.1 Å². The summed E-state index contributed by atoms with van der Waals surface area (Å²) in [5, 5.41) is 0.946. The molecule has 0 spiro atoms. The van der Waals surface area contributed by atoms with Crippen LogP contribution in [0.5, 0.6) is 0 Å². The molecule has 0 atom stereocenters. The van der Waals surface area contributed by atoms with Crippen LogP contribution in [0.25, 0.3) is 10.9 Å². The number of aryl methyl sites for hydroxylation is 3. The van der Waals surface area contributed by atoms with Gasteiger partial charge in [0.2, 0.25) is 0 Å². The first-order chi connectivity index (χ1) is 16.7. The maximum atomic E-state index is 12.7. The van der Waals surface area contributed by atoms with E-state index >= 15 is 0 Å². The molecule has 0 unspecified atom stereocenters. The monoisotopic (exact) mass is 489 g/mol. The van der Waals surface area contributed by atoms with Crippen molar-refractivity contribution in [3.05, 3.63) is 105 Å². The summed E-state index contributed by atoms with van der Waals surface area (Å²) in [6, 6.07) is 18.4. The normalized spacial score (nSPS) is 11.5. The lowest BCUT2D eigenvalue weighted by Gasteiger charge is -2.14. The van der Waals surface area contributed by atoms with E-state index in [0.29, 0.717) is 12.1 Å². The number of carbonyl (C=O) groups is 1. The van der Waals surface area contributed by atoms with Gasteiger partial charge in [-0.15, -0.1) is 0 Å². The number of amides is 1. The lowest BCUT2D eigenvalue weighted by Crippen LogP contribution is -2.31. The summed E-state index contributed by atoms with van der Waals surface area (Å²) < 4.78 is 29.1. The Bertz CT molecular complexity index is 1570. The molecule has 0 fully saturated rings. The van der Waals surface area contributed by atoms with Crippen molar-refractivity contribution in [1.82, 2.24) is 14.3 Å². The molecule has 2 aromatic carbocycles. The molecule has 4 aromatic rings. The van der Waals surface area contributed by atoms with Gasteiger partial charge in [0.15, 0.2) is 0 Å². The molecule has 7 nitrogen and oxygen atoms in total. The first-order valence-corrected chi connectivity index (χ1v) is 13.0. The van der Waals surface area contributed by atoms with E-state index < -0.39 is 15.9 Å². The Morgan fingerprint density at radius 1 is 0.971 bits per heavy atom. The minimum absolute atomic E-state index is 0.0627.